The van der Waals surface area contributed by atoms with E-state index in [4.69, 9.17) is 4.74 Å². The Hall–Kier alpha value is -2.31. The third-order valence-electron chi connectivity index (χ3n) is 4.79. The van der Waals surface area contributed by atoms with E-state index in [0.29, 0.717) is 12.8 Å². The van der Waals surface area contributed by atoms with Crippen molar-refractivity contribution in [2.75, 3.05) is 5.32 Å². The molecule has 0 aromatic heterocycles. The highest BCUT2D eigenvalue weighted by molar-refractivity contribution is 6.12. The summed E-state index contributed by atoms with van der Waals surface area (Å²) in [5.41, 5.74) is -1.93. The van der Waals surface area contributed by atoms with Crippen molar-refractivity contribution in [3.63, 3.8) is 0 Å². The van der Waals surface area contributed by atoms with E-state index in [9.17, 15) is 22.8 Å². The molecular formula is C18H18F3NO3. The molecule has 1 aliphatic carbocycles. The second-order valence-electron chi connectivity index (χ2n) is 6.44. The molecule has 0 atom stereocenters. The molecule has 0 unspecified atom stereocenters. The van der Waals surface area contributed by atoms with Crippen LogP contribution in [0.25, 0.3) is 0 Å². The summed E-state index contributed by atoms with van der Waals surface area (Å²) < 4.78 is 44.8. The number of amides is 1. The summed E-state index contributed by atoms with van der Waals surface area (Å²) in [7, 11) is 0. The first-order valence-electron chi connectivity index (χ1n) is 8.17. The van der Waals surface area contributed by atoms with Crippen LogP contribution in [0.1, 0.15) is 44.6 Å². The minimum Gasteiger partial charge on any atom is -0.451 e. The number of anilines is 1. The largest absolute Gasteiger partial charge is 0.451 e. The molecule has 1 aromatic rings. The van der Waals surface area contributed by atoms with Crippen LogP contribution in [0, 0.1) is 0 Å². The maximum absolute atomic E-state index is 13.1. The molecule has 0 saturated heterocycles. The SMILES string of the molecule is CC1=C(C(=O)Nc2ccccc2C(F)(F)F)C2(CCCCC2)OC1=O. The summed E-state index contributed by atoms with van der Waals surface area (Å²) >= 11 is 0. The molecule has 1 aliphatic heterocycles. The fourth-order valence-electron chi connectivity index (χ4n) is 3.63. The Bertz CT molecular complexity index is 746. The summed E-state index contributed by atoms with van der Waals surface area (Å²) in [5, 5.41) is 2.33. The van der Waals surface area contributed by atoms with Crippen molar-refractivity contribution >= 4 is 17.6 Å². The molecule has 25 heavy (non-hydrogen) atoms. The van der Waals surface area contributed by atoms with Crippen LogP contribution in [-0.4, -0.2) is 17.5 Å². The van der Waals surface area contributed by atoms with Gasteiger partial charge in [0.2, 0.25) is 0 Å². The molecule has 1 heterocycles. The van der Waals surface area contributed by atoms with Crippen LogP contribution in [0.4, 0.5) is 18.9 Å². The van der Waals surface area contributed by atoms with Gasteiger partial charge in [-0.25, -0.2) is 4.79 Å². The fourth-order valence-corrected chi connectivity index (χ4v) is 3.63. The molecule has 1 saturated carbocycles. The summed E-state index contributed by atoms with van der Waals surface area (Å²) in [6.07, 6.45) is -0.978. The molecule has 1 fully saturated rings. The Morgan fingerprint density at radius 3 is 2.44 bits per heavy atom. The third kappa shape index (κ3) is 3.15. The maximum atomic E-state index is 13.1. The third-order valence-corrected chi connectivity index (χ3v) is 4.79. The minimum atomic E-state index is -4.59. The summed E-state index contributed by atoms with van der Waals surface area (Å²) in [4.78, 5) is 24.8. The van der Waals surface area contributed by atoms with Crippen molar-refractivity contribution in [3.05, 3.63) is 41.0 Å². The second kappa shape index (κ2) is 6.20. The Morgan fingerprint density at radius 2 is 1.80 bits per heavy atom. The lowest BCUT2D eigenvalue weighted by atomic mass is 9.78. The van der Waals surface area contributed by atoms with Crippen LogP contribution in [0.5, 0.6) is 0 Å². The normalized spacial score (nSPS) is 19.9. The summed E-state index contributed by atoms with van der Waals surface area (Å²) in [6.45, 7) is 1.48. The standard InChI is InChI=1S/C18H18F3NO3/c1-11-14(17(25-16(11)24)9-5-2-6-10-17)15(23)22-13-8-4-3-7-12(13)18(19,20)21/h3-4,7-8H,2,5-6,9-10H2,1H3,(H,22,23). The Balaban J connectivity index is 1.94. The lowest BCUT2D eigenvalue weighted by molar-refractivity contribution is -0.149. The van der Waals surface area contributed by atoms with Gasteiger partial charge in [0.1, 0.15) is 5.60 Å². The molecule has 7 heteroatoms. The number of benzene rings is 1. The van der Waals surface area contributed by atoms with Crippen LogP contribution in [0.2, 0.25) is 0 Å². The summed E-state index contributed by atoms with van der Waals surface area (Å²) in [5.74, 6) is -1.28. The molecule has 1 amide bonds. The molecular weight excluding hydrogens is 335 g/mol. The van der Waals surface area contributed by atoms with Gasteiger partial charge in [-0.3, -0.25) is 4.79 Å². The van der Waals surface area contributed by atoms with Gasteiger partial charge < -0.3 is 10.1 Å². The van der Waals surface area contributed by atoms with E-state index in [1.165, 1.54) is 25.1 Å². The van der Waals surface area contributed by atoms with E-state index < -0.39 is 29.2 Å². The number of hydrogen-bond acceptors (Lipinski definition) is 3. The number of ether oxygens (including phenoxy) is 1. The Labute approximate surface area is 143 Å². The van der Waals surface area contributed by atoms with Crippen molar-refractivity contribution in [2.45, 2.75) is 50.8 Å². The van der Waals surface area contributed by atoms with E-state index >= 15 is 0 Å². The van der Waals surface area contributed by atoms with Gasteiger partial charge in [-0.1, -0.05) is 18.6 Å². The number of carbonyl (C=O) groups excluding carboxylic acids is 2. The first-order chi connectivity index (χ1) is 11.7. The second-order valence-corrected chi connectivity index (χ2v) is 6.44. The topological polar surface area (TPSA) is 55.4 Å². The van der Waals surface area contributed by atoms with E-state index in [1.807, 2.05) is 0 Å². The van der Waals surface area contributed by atoms with E-state index in [2.05, 4.69) is 5.32 Å². The van der Waals surface area contributed by atoms with E-state index in [1.54, 1.807) is 0 Å². The highest BCUT2D eigenvalue weighted by Gasteiger charge is 2.49. The van der Waals surface area contributed by atoms with Gasteiger partial charge in [-0.15, -0.1) is 0 Å². The van der Waals surface area contributed by atoms with E-state index in [0.717, 1.165) is 25.3 Å². The number of rotatable bonds is 2. The highest BCUT2D eigenvalue weighted by Crippen LogP contribution is 2.44. The molecule has 4 nitrogen and oxygen atoms in total. The van der Waals surface area contributed by atoms with Crippen molar-refractivity contribution in [3.8, 4) is 0 Å². The number of halogens is 3. The van der Waals surface area contributed by atoms with Gasteiger partial charge in [0, 0.05) is 5.57 Å². The van der Waals surface area contributed by atoms with Gasteiger partial charge in [-0.05, 0) is 44.7 Å². The first kappa shape index (κ1) is 17.5. The highest BCUT2D eigenvalue weighted by atomic mass is 19.4. The van der Waals surface area contributed by atoms with Gasteiger partial charge in [0.05, 0.1) is 16.8 Å². The zero-order chi connectivity index (χ0) is 18.2. The molecule has 1 spiro atoms. The molecule has 134 valence electrons. The number of alkyl halides is 3. The van der Waals surface area contributed by atoms with Crippen molar-refractivity contribution in [1.82, 2.24) is 0 Å². The molecule has 0 radical (unpaired) electrons. The molecule has 3 rings (SSSR count). The van der Waals surface area contributed by atoms with E-state index in [-0.39, 0.29) is 16.8 Å². The Morgan fingerprint density at radius 1 is 1.16 bits per heavy atom. The molecule has 1 aromatic carbocycles. The van der Waals surface area contributed by atoms with Crippen molar-refractivity contribution in [2.24, 2.45) is 0 Å². The zero-order valence-corrected chi connectivity index (χ0v) is 13.7. The van der Waals surface area contributed by atoms with Crippen LogP contribution >= 0.6 is 0 Å². The number of esters is 1. The molecule has 2 aliphatic rings. The maximum Gasteiger partial charge on any atom is 0.418 e. The zero-order valence-electron chi connectivity index (χ0n) is 13.7. The first-order valence-corrected chi connectivity index (χ1v) is 8.17. The van der Waals surface area contributed by atoms with Gasteiger partial charge in [0.15, 0.2) is 0 Å². The number of nitrogens with one attached hydrogen (secondary N) is 1. The lowest BCUT2D eigenvalue weighted by Crippen LogP contribution is -2.39. The molecule has 1 N–H and O–H groups in total. The number of carbonyl (C=O) groups is 2. The number of para-hydroxylation sites is 1. The average molecular weight is 353 g/mol. The van der Waals surface area contributed by atoms with Crippen LogP contribution < -0.4 is 5.32 Å². The monoisotopic (exact) mass is 353 g/mol. The predicted molar refractivity (Wildman–Crippen MR) is 84.7 cm³/mol. The fraction of sp³-hybridized carbons (Fsp3) is 0.444. The van der Waals surface area contributed by atoms with Gasteiger partial charge in [-0.2, -0.15) is 13.2 Å². The minimum absolute atomic E-state index is 0.161. The van der Waals surface area contributed by atoms with Crippen LogP contribution in [0.3, 0.4) is 0 Å². The van der Waals surface area contributed by atoms with Crippen molar-refractivity contribution < 1.29 is 27.5 Å². The van der Waals surface area contributed by atoms with Crippen molar-refractivity contribution in [1.29, 1.82) is 0 Å². The average Bonchev–Trinajstić information content (AvgIpc) is 2.78. The van der Waals surface area contributed by atoms with Gasteiger partial charge in [0.25, 0.3) is 5.91 Å². The number of hydrogen-bond donors (Lipinski definition) is 1. The lowest BCUT2D eigenvalue weighted by Gasteiger charge is -2.34. The Kier molecular flexibility index (Phi) is 4.34. The van der Waals surface area contributed by atoms with Crippen LogP contribution in [-0.2, 0) is 20.5 Å². The summed E-state index contributed by atoms with van der Waals surface area (Å²) in [6, 6.07) is 4.78. The van der Waals surface area contributed by atoms with Gasteiger partial charge >= 0.3 is 12.1 Å². The van der Waals surface area contributed by atoms with Crippen LogP contribution in [0.15, 0.2) is 35.4 Å². The smallest absolute Gasteiger partial charge is 0.418 e. The molecule has 0 bridgehead atoms. The quantitative estimate of drug-likeness (QED) is 0.810. The predicted octanol–water partition coefficient (Wildman–Crippen LogP) is 4.22.